The van der Waals surface area contributed by atoms with Gasteiger partial charge in [0.1, 0.15) is 0 Å². The van der Waals surface area contributed by atoms with Crippen molar-refractivity contribution in [1.29, 1.82) is 0 Å². The van der Waals surface area contributed by atoms with Crippen LogP contribution < -0.4 is 0 Å². The third kappa shape index (κ3) is 4.54. The van der Waals surface area contributed by atoms with Crippen LogP contribution in [0.3, 0.4) is 0 Å². The molecule has 30 heavy (non-hydrogen) atoms. The van der Waals surface area contributed by atoms with Crippen LogP contribution in [0.1, 0.15) is 54.4 Å². The summed E-state index contributed by atoms with van der Waals surface area (Å²) in [6.45, 7) is 9.74. The normalized spacial score (nSPS) is 14.5. The number of carbonyl (C=O) groups excluding carboxylic acids is 1. The standard InChI is InChI=1S/C24H25NO.C2H4O2/c1-16-10-11-19(12-17(16)2)25-21(18-8-6-5-7-9-18)13-20-22(25)14-24(3,4)15-23(20)26;1-2(3)4/h5-13H,14-15H2,1-4H3;1H3,(H,3,4). The van der Waals surface area contributed by atoms with Crippen molar-refractivity contribution in [3.8, 4) is 16.9 Å². The summed E-state index contributed by atoms with van der Waals surface area (Å²) in [6, 6.07) is 19.0. The van der Waals surface area contributed by atoms with Gasteiger partial charge in [-0.05, 0) is 60.6 Å². The molecule has 0 radical (unpaired) electrons. The van der Waals surface area contributed by atoms with Crippen molar-refractivity contribution in [3.63, 3.8) is 0 Å². The van der Waals surface area contributed by atoms with E-state index < -0.39 is 5.97 Å². The highest BCUT2D eigenvalue weighted by atomic mass is 16.4. The van der Waals surface area contributed by atoms with E-state index in [1.807, 2.05) is 6.07 Å². The predicted octanol–water partition coefficient (Wildman–Crippen LogP) is 6.01. The molecule has 0 saturated carbocycles. The van der Waals surface area contributed by atoms with E-state index in [1.54, 1.807) is 0 Å². The lowest BCUT2D eigenvalue weighted by atomic mass is 9.76. The second-order valence-corrected chi connectivity index (χ2v) is 8.82. The number of aliphatic carboxylic acids is 1. The van der Waals surface area contributed by atoms with E-state index in [0.29, 0.717) is 6.42 Å². The summed E-state index contributed by atoms with van der Waals surface area (Å²) < 4.78 is 2.30. The van der Waals surface area contributed by atoms with Gasteiger partial charge in [0.15, 0.2) is 5.78 Å². The van der Waals surface area contributed by atoms with Crippen molar-refractivity contribution in [2.75, 3.05) is 0 Å². The number of hydrogen-bond donors (Lipinski definition) is 1. The molecule has 0 aliphatic heterocycles. The summed E-state index contributed by atoms with van der Waals surface area (Å²) in [5.41, 5.74) is 7.97. The number of aryl methyl sites for hydroxylation is 2. The first-order valence-corrected chi connectivity index (χ1v) is 10.2. The first-order chi connectivity index (χ1) is 14.1. The summed E-state index contributed by atoms with van der Waals surface area (Å²) >= 11 is 0. The molecule has 156 valence electrons. The molecule has 4 nitrogen and oxygen atoms in total. The van der Waals surface area contributed by atoms with E-state index in [4.69, 9.17) is 9.90 Å². The van der Waals surface area contributed by atoms with Crippen molar-refractivity contribution in [2.45, 2.75) is 47.5 Å². The maximum Gasteiger partial charge on any atom is 0.300 e. The Hall–Kier alpha value is -3.14. The Morgan fingerprint density at radius 2 is 1.60 bits per heavy atom. The van der Waals surface area contributed by atoms with Gasteiger partial charge < -0.3 is 9.67 Å². The molecule has 1 aliphatic carbocycles. The largest absolute Gasteiger partial charge is 0.481 e. The van der Waals surface area contributed by atoms with Gasteiger partial charge in [-0.15, -0.1) is 0 Å². The molecule has 4 rings (SSSR count). The van der Waals surface area contributed by atoms with E-state index in [2.05, 4.69) is 80.8 Å². The number of nitrogens with zero attached hydrogens (tertiary/aromatic N) is 1. The molecule has 0 atom stereocenters. The number of benzene rings is 2. The summed E-state index contributed by atoms with van der Waals surface area (Å²) in [7, 11) is 0. The lowest BCUT2D eigenvalue weighted by Gasteiger charge is -2.30. The third-order valence-corrected chi connectivity index (χ3v) is 5.51. The molecule has 1 N–H and O–H groups in total. The van der Waals surface area contributed by atoms with Gasteiger partial charge in [-0.3, -0.25) is 9.59 Å². The Morgan fingerprint density at radius 3 is 2.20 bits per heavy atom. The smallest absolute Gasteiger partial charge is 0.300 e. The maximum absolute atomic E-state index is 12.8. The number of ketones is 1. The molecular weight excluding hydrogens is 374 g/mol. The molecule has 1 heterocycles. The first kappa shape index (κ1) is 21.6. The number of aromatic nitrogens is 1. The minimum atomic E-state index is -0.833. The van der Waals surface area contributed by atoms with E-state index in [1.165, 1.54) is 11.1 Å². The molecule has 0 amide bonds. The molecule has 0 saturated heterocycles. The van der Waals surface area contributed by atoms with Gasteiger partial charge in [-0.2, -0.15) is 0 Å². The number of carbonyl (C=O) groups is 2. The molecule has 0 unspecified atom stereocenters. The zero-order valence-electron chi connectivity index (χ0n) is 18.3. The fourth-order valence-corrected chi connectivity index (χ4v) is 3.99. The Kier molecular flexibility index (Phi) is 5.97. The minimum Gasteiger partial charge on any atom is -0.481 e. The number of carboxylic acid groups (broad SMARTS) is 1. The van der Waals surface area contributed by atoms with Crippen molar-refractivity contribution in [1.82, 2.24) is 4.57 Å². The number of fused-ring (bicyclic) bond motifs is 1. The molecule has 1 aromatic heterocycles. The zero-order valence-corrected chi connectivity index (χ0v) is 18.3. The van der Waals surface area contributed by atoms with Crippen LogP contribution in [0, 0.1) is 19.3 Å². The Bertz CT molecular complexity index is 1090. The minimum absolute atomic E-state index is 0.00607. The van der Waals surface area contributed by atoms with Crippen LogP contribution in [-0.4, -0.2) is 21.4 Å². The van der Waals surface area contributed by atoms with Gasteiger partial charge in [0.2, 0.25) is 0 Å². The molecule has 0 fully saturated rings. The second-order valence-electron chi connectivity index (χ2n) is 8.82. The van der Waals surface area contributed by atoms with Crippen LogP contribution in [-0.2, 0) is 11.2 Å². The summed E-state index contributed by atoms with van der Waals surface area (Å²) in [6.07, 6.45) is 1.53. The lowest BCUT2D eigenvalue weighted by molar-refractivity contribution is -0.134. The number of Topliss-reactive ketones (excluding diaryl/α,β-unsaturated/α-hetero) is 1. The topological polar surface area (TPSA) is 59.3 Å². The Labute approximate surface area is 178 Å². The third-order valence-electron chi connectivity index (χ3n) is 5.51. The molecular formula is C26H29NO3. The van der Waals surface area contributed by atoms with E-state index in [-0.39, 0.29) is 11.2 Å². The van der Waals surface area contributed by atoms with Gasteiger partial charge in [0.05, 0.1) is 5.69 Å². The van der Waals surface area contributed by atoms with Crippen LogP contribution in [0.4, 0.5) is 0 Å². The Morgan fingerprint density at radius 1 is 0.967 bits per heavy atom. The van der Waals surface area contributed by atoms with Crippen molar-refractivity contribution in [2.24, 2.45) is 5.41 Å². The second kappa shape index (κ2) is 8.31. The van der Waals surface area contributed by atoms with Crippen LogP contribution in [0.15, 0.2) is 54.6 Å². The molecule has 3 aromatic rings. The van der Waals surface area contributed by atoms with E-state index >= 15 is 0 Å². The maximum atomic E-state index is 12.8. The molecule has 0 spiro atoms. The number of rotatable bonds is 2. The van der Waals surface area contributed by atoms with Crippen molar-refractivity contribution < 1.29 is 14.7 Å². The molecule has 1 aliphatic rings. The zero-order chi connectivity index (χ0) is 22.1. The van der Waals surface area contributed by atoms with Gasteiger partial charge >= 0.3 is 0 Å². The molecule has 2 aromatic carbocycles. The van der Waals surface area contributed by atoms with Gasteiger partial charge in [-0.25, -0.2) is 0 Å². The van der Waals surface area contributed by atoms with Gasteiger partial charge in [0, 0.05) is 30.3 Å². The van der Waals surface area contributed by atoms with Gasteiger partial charge in [0.25, 0.3) is 5.97 Å². The van der Waals surface area contributed by atoms with Crippen LogP contribution in [0.5, 0.6) is 0 Å². The van der Waals surface area contributed by atoms with E-state index in [0.717, 1.165) is 41.5 Å². The Balaban J connectivity index is 0.000000589. The average Bonchev–Trinajstić information content (AvgIpc) is 3.03. The van der Waals surface area contributed by atoms with E-state index in [9.17, 15) is 4.79 Å². The highest BCUT2D eigenvalue weighted by molar-refractivity contribution is 6.00. The lowest BCUT2D eigenvalue weighted by Crippen LogP contribution is -2.27. The number of carboxylic acids is 1. The molecule has 4 heteroatoms. The monoisotopic (exact) mass is 403 g/mol. The summed E-state index contributed by atoms with van der Waals surface area (Å²) in [5, 5.41) is 7.42. The summed E-state index contributed by atoms with van der Waals surface area (Å²) in [4.78, 5) is 21.8. The average molecular weight is 404 g/mol. The van der Waals surface area contributed by atoms with Gasteiger partial charge in [-0.1, -0.05) is 50.2 Å². The highest BCUT2D eigenvalue weighted by Crippen LogP contribution is 2.40. The predicted molar refractivity (Wildman–Crippen MR) is 120 cm³/mol. The van der Waals surface area contributed by atoms with Crippen LogP contribution in [0.25, 0.3) is 16.9 Å². The number of hydrogen-bond acceptors (Lipinski definition) is 2. The fourth-order valence-electron chi connectivity index (χ4n) is 3.99. The highest BCUT2D eigenvalue weighted by Gasteiger charge is 2.35. The fraction of sp³-hybridized carbons (Fsp3) is 0.308. The van der Waals surface area contributed by atoms with Crippen LogP contribution in [0.2, 0.25) is 0 Å². The first-order valence-electron chi connectivity index (χ1n) is 10.2. The molecule has 0 bridgehead atoms. The SMILES string of the molecule is CC(=O)O.Cc1ccc(-n2c(-c3ccccc3)cc3c2CC(C)(C)CC3=O)cc1C. The quantitative estimate of drug-likeness (QED) is 0.570. The summed E-state index contributed by atoms with van der Waals surface area (Å²) in [5.74, 6) is -0.573. The van der Waals surface area contributed by atoms with Crippen LogP contribution >= 0.6 is 0 Å². The van der Waals surface area contributed by atoms with Crippen molar-refractivity contribution in [3.05, 3.63) is 77.0 Å². The van der Waals surface area contributed by atoms with Crippen molar-refractivity contribution >= 4 is 11.8 Å².